The molecule has 10 heteroatoms. The molecule has 2 aromatic carbocycles. The molecule has 0 radical (unpaired) electrons. The van der Waals surface area contributed by atoms with E-state index >= 15 is 0 Å². The van der Waals surface area contributed by atoms with Gasteiger partial charge in [-0.15, -0.1) is 0 Å². The summed E-state index contributed by atoms with van der Waals surface area (Å²) >= 11 is 0. The molecule has 2 heterocycles. The van der Waals surface area contributed by atoms with E-state index in [1.54, 1.807) is 30.3 Å². The summed E-state index contributed by atoms with van der Waals surface area (Å²) in [5.41, 5.74) is 2.87. The van der Waals surface area contributed by atoms with Gasteiger partial charge < -0.3 is 20.1 Å². The van der Waals surface area contributed by atoms with Gasteiger partial charge in [0.05, 0.1) is 34.4 Å². The number of hydrogen-bond acceptors (Lipinski definition) is 7. The molecule has 1 amide bonds. The first-order valence-electron chi connectivity index (χ1n) is 11.3. The molecule has 9 nitrogen and oxygen atoms in total. The second-order valence-corrected chi connectivity index (χ2v) is 11.2. The Morgan fingerprint density at radius 1 is 1.17 bits per heavy atom. The van der Waals surface area contributed by atoms with Crippen molar-refractivity contribution in [1.29, 1.82) is 0 Å². The van der Waals surface area contributed by atoms with Crippen molar-refractivity contribution in [3.63, 3.8) is 0 Å². The van der Waals surface area contributed by atoms with E-state index in [0.717, 1.165) is 15.3 Å². The Morgan fingerprint density at radius 2 is 1.91 bits per heavy atom. The number of nitrogens with one attached hydrogen (secondary N) is 1. The van der Waals surface area contributed by atoms with E-state index < -0.39 is 15.9 Å². The van der Waals surface area contributed by atoms with Crippen LogP contribution in [0.4, 0.5) is 11.4 Å². The van der Waals surface area contributed by atoms with Crippen molar-refractivity contribution in [2.24, 2.45) is 0 Å². The highest BCUT2D eigenvalue weighted by molar-refractivity contribution is 7.89. The second kappa shape index (κ2) is 9.44. The standard InChI is InChI=1S/C25H30N4O5S/c1-15-10-24(30)27-22-8-6-18(11-20(15)22)26-25(31)21-12-19(35(32,33)28(4)5)7-9-23(21)29-13-17(3)34-14-16(29)2/h6-12,16-17H,13-14H2,1-5H3,(H,26,31)(H,27,30). The number of morpholine rings is 1. The van der Waals surface area contributed by atoms with Crippen LogP contribution < -0.4 is 10.2 Å². The number of ether oxygens (including phenoxy) is 1. The fourth-order valence-electron chi connectivity index (χ4n) is 4.21. The molecule has 1 aliphatic rings. The van der Waals surface area contributed by atoms with Crippen molar-refractivity contribution < 1.29 is 23.1 Å². The minimum Gasteiger partial charge on any atom is -0.493 e. The lowest BCUT2D eigenvalue weighted by Gasteiger charge is -2.39. The largest absolute Gasteiger partial charge is 0.493 e. The molecule has 3 aromatic rings. The van der Waals surface area contributed by atoms with Crippen molar-refractivity contribution in [3.05, 3.63) is 53.6 Å². The van der Waals surface area contributed by atoms with Gasteiger partial charge in [0.25, 0.3) is 5.91 Å². The fourth-order valence-corrected chi connectivity index (χ4v) is 5.14. The zero-order valence-electron chi connectivity index (χ0n) is 20.4. The summed E-state index contributed by atoms with van der Waals surface area (Å²) in [4.78, 5) is 19.8. The van der Waals surface area contributed by atoms with Gasteiger partial charge >= 0.3 is 0 Å². The SMILES string of the molecule is Cc1cc(O)nc2ccc(NC(=O)c3cc(S(=O)(=O)N(C)C)ccc3N3CC(C)OCC3C)cc12. The number of fused-ring (bicyclic) bond motifs is 1. The maximum absolute atomic E-state index is 13.6. The van der Waals surface area contributed by atoms with Gasteiger partial charge in [-0.1, -0.05) is 0 Å². The molecule has 2 atom stereocenters. The van der Waals surface area contributed by atoms with Gasteiger partial charge in [0, 0.05) is 43.8 Å². The number of pyridine rings is 1. The van der Waals surface area contributed by atoms with Crippen LogP contribution in [0, 0.1) is 6.92 Å². The van der Waals surface area contributed by atoms with Crippen LogP contribution in [0.5, 0.6) is 5.88 Å². The predicted octanol–water partition coefficient (Wildman–Crippen LogP) is 3.37. The molecule has 0 saturated carbocycles. The lowest BCUT2D eigenvalue weighted by atomic mass is 10.1. The van der Waals surface area contributed by atoms with Gasteiger partial charge in [0.1, 0.15) is 0 Å². The van der Waals surface area contributed by atoms with Crippen LogP contribution >= 0.6 is 0 Å². The van der Waals surface area contributed by atoms with E-state index in [2.05, 4.69) is 15.2 Å². The topological polar surface area (TPSA) is 112 Å². The van der Waals surface area contributed by atoms with Crippen molar-refractivity contribution in [1.82, 2.24) is 9.29 Å². The number of aryl methyl sites for hydroxylation is 1. The van der Waals surface area contributed by atoms with Crippen molar-refractivity contribution in [2.45, 2.75) is 37.8 Å². The number of benzene rings is 2. The third kappa shape index (κ3) is 4.95. The quantitative estimate of drug-likeness (QED) is 0.555. The number of amides is 1. The van der Waals surface area contributed by atoms with Crippen LogP contribution in [0.15, 0.2) is 47.4 Å². The molecule has 1 fully saturated rings. The minimum atomic E-state index is -3.74. The van der Waals surface area contributed by atoms with Crippen molar-refractivity contribution in [3.8, 4) is 5.88 Å². The van der Waals surface area contributed by atoms with Crippen LogP contribution in [0.3, 0.4) is 0 Å². The summed E-state index contributed by atoms with van der Waals surface area (Å²) in [5.74, 6) is -0.491. The first kappa shape index (κ1) is 24.9. The molecular formula is C25H30N4O5S. The number of anilines is 2. The molecule has 0 aliphatic carbocycles. The molecule has 1 saturated heterocycles. The Kier molecular flexibility index (Phi) is 6.72. The van der Waals surface area contributed by atoms with E-state index in [0.29, 0.717) is 30.0 Å². The van der Waals surface area contributed by atoms with Crippen LogP contribution in [-0.4, -0.2) is 68.1 Å². The average molecular weight is 499 g/mol. The summed E-state index contributed by atoms with van der Waals surface area (Å²) in [6.07, 6.45) is -0.0281. The Bertz CT molecular complexity index is 1390. The van der Waals surface area contributed by atoms with E-state index in [9.17, 15) is 18.3 Å². The van der Waals surface area contributed by atoms with E-state index in [-0.39, 0.29) is 28.5 Å². The van der Waals surface area contributed by atoms with E-state index in [4.69, 9.17) is 4.74 Å². The number of hydrogen-bond donors (Lipinski definition) is 2. The summed E-state index contributed by atoms with van der Waals surface area (Å²) < 4.78 is 32.5. The maximum atomic E-state index is 13.6. The van der Waals surface area contributed by atoms with Crippen LogP contribution in [0.1, 0.15) is 29.8 Å². The van der Waals surface area contributed by atoms with E-state index in [1.807, 2.05) is 20.8 Å². The number of carbonyl (C=O) groups excluding carboxylic acids is 1. The Hall–Kier alpha value is -3.21. The normalized spacial score (nSPS) is 18.7. The molecular weight excluding hydrogens is 468 g/mol. The van der Waals surface area contributed by atoms with Gasteiger partial charge in [0.15, 0.2) is 0 Å². The molecule has 2 N–H and O–H groups in total. The molecule has 1 aromatic heterocycles. The van der Waals surface area contributed by atoms with Gasteiger partial charge in [0.2, 0.25) is 15.9 Å². The summed E-state index contributed by atoms with van der Waals surface area (Å²) in [6.45, 7) is 6.90. The van der Waals surface area contributed by atoms with Crippen molar-refractivity contribution in [2.75, 3.05) is 37.5 Å². The zero-order valence-corrected chi connectivity index (χ0v) is 21.3. The van der Waals surface area contributed by atoms with Crippen LogP contribution in [0.25, 0.3) is 10.9 Å². The maximum Gasteiger partial charge on any atom is 0.257 e. The Morgan fingerprint density at radius 3 is 2.63 bits per heavy atom. The number of aromatic nitrogens is 1. The van der Waals surface area contributed by atoms with Gasteiger partial charge in [-0.3, -0.25) is 4.79 Å². The number of sulfonamides is 1. The van der Waals surface area contributed by atoms with Crippen molar-refractivity contribution >= 4 is 38.2 Å². The molecule has 1 aliphatic heterocycles. The molecule has 0 spiro atoms. The molecule has 35 heavy (non-hydrogen) atoms. The monoisotopic (exact) mass is 498 g/mol. The average Bonchev–Trinajstić information content (AvgIpc) is 2.80. The van der Waals surface area contributed by atoms with Gasteiger partial charge in [-0.25, -0.2) is 17.7 Å². The van der Waals surface area contributed by atoms with Crippen LogP contribution in [0.2, 0.25) is 0 Å². The number of carbonyl (C=O) groups is 1. The first-order chi connectivity index (χ1) is 16.5. The highest BCUT2D eigenvalue weighted by atomic mass is 32.2. The lowest BCUT2D eigenvalue weighted by molar-refractivity contribution is 0.0343. The molecule has 186 valence electrons. The predicted molar refractivity (Wildman–Crippen MR) is 136 cm³/mol. The molecule has 4 rings (SSSR count). The van der Waals surface area contributed by atoms with Crippen LogP contribution in [-0.2, 0) is 14.8 Å². The first-order valence-corrected chi connectivity index (χ1v) is 12.8. The zero-order chi connectivity index (χ0) is 25.5. The number of aromatic hydroxyl groups is 1. The Balaban J connectivity index is 1.77. The second-order valence-electron chi connectivity index (χ2n) is 9.10. The third-order valence-corrected chi connectivity index (χ3v) is 7.98. The van der Waals surface area contributed by atoms with E-state index in [1.165, 1.54) is 26.2 Å². The highest BCUT2D eigenvalue weighted by Gasteiger charge is 2.29. The smallest absolute Gasteiger partial charge is 0.257 e. The third-order valence-electron chi connectivity index (χ3n) is 6.17. The summed E-state index contributed by atoms with van der Waals surface area (Å²) in [6, 6.07) is 11.4. The summed E-state index contributed by atoms with van der Waals surface area (Å²) in [7, 11) is -0.825. The fraction of sp³-hybridized carbons (Fsp3) is 0.360. The number of rotatable bonds is 5. The summed E-state index contributed by atoms with van der Waals surface area (Å²) in [5, 5.41) is 13.5. The van der Waals surface area contributed by atoms with Gasteiger partial charge in [-0.2, -0.15) is 0 Å². The number of nitrogens with zero attached hydrogens (tertiary/aromatic N) is 3. The minimum absolute atomic E-state index is 0.0103. The molecule has 0 bridgehead atoms. The lowest BCUT2D eigenvalue weighted by Crippen LogP contribution is -2.48. The molecule has 2 unspecified atom stereocenters. The Labute approximate surface area is 205 Å². The highest BCUT2D eigenvalue weighted by Crippen LogP contribution is 2.30. The van der Waals surface area contributed by atoms with Gasteiger partial charge in [-0.05, 0) is 62.7 Å².